The molecule has 0 aromatic heterocycles. The first kappa shape index (κ1) is 11.9. The van der Waals surface area contributed by atoms with Gasteiger partial charge < -0.3 is 5.11 Å². The maximum Gasteiger partial charge on any atom is 0.119 e. The minimum Gasteiger partial charge on any atom is -0.508 e. The van der Waals surface area contributed by atoms with E-state index < -0.39 is 0 Å². The summed E-state index contributed by atoms with van der Waals surface area (Å²) in [7, 11) is 0. The van der Waals surface area contributed by atoms with Crippen molar-refractivity contribution in [1.29, 1.82) is 0 Å². The average molecular weight is 357 g/mol. The number of phenols is 1. The molecule has 0 saturated carbocycles. The largest absolute Gasteiger partial charge is 0.508 e. The summed E-state index contributed by atoms with van der Waals surface area (Å²) in [5, 5.41) is 9.46. The number of hydrogen-bond donors (Lipinski definition) is 1. The molecular formula is C10H14OPb. The van der Waals surface area contributed by atoms with Crippen molar-refractivity contribution in [3.63, 3.8) is 0 Å². The Hall–Kier alpha value is -0.0579. The first-order chi connectivity index (χ1) is 5.11. The van der Waals surface area contributed by atoms with Crippen molar-refractivity contribution in [3.8, 4) is 5.75 Å². The van der Waals surface area contributed by atoms with E-state index in [0.29, 0.717) is 11.7 Å². The van der Waals surface area contributed by atoms with Crippen molar-refractivity contribution < 1.29 is 5.11 Å². The van der Waals surface area contributed by atoms with Crippen LogP contribution in [0.5, 0.6) is 5.75 Å². The second-order valence-electron chi connectivity index (χ2n) is 3.22. The van der Waals surface area contributed by atoms with Crippen LogP contribution in [0.3, 0.4) is 0 Å². The molecule has 0 atom stereocenters. The van der Waals surface area contributed by atoms with Crippen molar-refractivity contribution in [3.05, 3.63) is 29.3 Å². The summed E-state index contributed by atoms with van der Waals surface area (Å²) < 4.78 is 0. The zero-order valence-electron chi connectivity index (χ0n) is 7.76. The van der Waals surface area contributed by atoms with Gasteiger partial charge in [-0.05, 0) is 30.0 Å². The summed E-state index contributed by atoms with van der Waals surface area (Å²) in [4.78, 5) is 0. The van der Waals surface area contributed by atoms with Crippen LogP contribution in [0, 0.1) is 6.92 Å². The van der Waals surface area contributed by atoms with E-state index in [4.69, 9.17) is 0 Å². The number of aromatic hydroxyl groups is 1. The molecule has 1 aromatic rings. The molecule has 0 aliphatic heterocycles. The van der Waals surface area contributed by atoms with Gasteiger partial charge >= 0.3 is 0 Å². The molecule has 0 fully saturated rings. The monoisotopic (exact) mass is 358 g/mol. The second-order valence-corrected chi connectivity index (χ2v) is 3.22. The minimum absolute atomic E-state index is 0. The molecule has 2 heteroatoms. The maximum absolute atomic E-state index is 9.46. The summed E-state index contributed by atoms with van der Waals surface area (Å²) in [6.07, 6.45) is 0. The first-order valence-electron chi connectivity index (χ1n) is 3.91. The van der Waals surface area contributed by atoms with Crippen LogP contribution in [0.25, 0.3) is 0 Å². The van der Waals surface area contributed by atoms with Crippen LogP contribution in [0.2, 0.25) is 0 Å². The van der Waals surface area contributed by atoms with Crippen LogP contribution in [-0.2, 0) is 0 Å². The third-order valence-corrected chi connectivity index (χ3v) is 1.81. The van der Waals surface area contributed by atoms with E-state index in [1.165, 1.54) is 0 Å². The Kier molecular flexibility index (Phi) is 4.82. The third kappa shape index (κ3) is 2.77. The fourth-order valence-electron chi connectivity index (χ4n) is 1.14. The summed E-state index contributed by atoms with van der Waals surface area (Å²) in [6.45, 7) is 6.12. The molecule has 0 aliphatic rings. The molecule has 1 aromatic carbocycles. The quantitative estimate of drug-likeness (QED) is 0.766. The van der Waals surface area contributed by atoms with Gasteiger partial charge in [0.1, 0.15) is 5.75 Å². The average Bonchev–Trinajstić information content (AvgIpc) is 1.85. The molecule has 12 heavy (non-hydrogen) atoms. The molecule has 0 spiro atoms. The van der Waals surface area contributed by atoms with Crippen LogP contribution >= 0.6 is 0 Å². The van der Waals surface area contributed by atoms with E-state index in [2.05, 4.69) is 13.8 Å². The van der Waals surface area contributed by atoms with Gasteiger partial charge in [-0.3, -0.25) is 0 Å². The Balaban J connectivity index is 0.00000121. The van der Waals surface area contributed by atoms with Gasteiger partial charge in [-0.1, -0.05) is 26.0 Å². The summed E-state index contributed by atoms with van der Waals surface area (Å²) in [5.74, 6) is 0.815. The van der Waals surface area contributed by atoms with Gasteiger partial charge in [-0.15, -0.1) is 0 Å². The first-order valence-corrected chi connectivity index (χ1v) is 3.91. The van der Waals surface area contributed by atoms with Crippen LogP contribution in [0.1, 0.15) is 30.9 Å². The molecule has 4 radical (unpaired) electrons. The standard InChI is InChI=1S/C10H14O.Pb/c1-7(2)9-5-4-8(3)6-10(9)11;/h4-7,11H,1-3H3;. The fourth-order valence-corrected chi connectivity index (χ4v) is 1.14. The zero-order chi connectivity index (χ0) is 8.43. The Morgan fingerprint density at radius 3 is 2.25 bits per heavy atom. The van der Waals surface area contributed by atoms with Gasteiger partial charge in [0.25, 0.3) is 0 Å². The van der Waals surface area contributed by atoms with Gasteiger partial charge in [0.05, 0.1) is 0 Å². The normalized spacial score (nSPS) is 9.67. The maximum atomic E-state index is 9.46. The number of phenolic OH excluding ortho intramolecular Hbond substituents is 1. The van der Waals surface area contributed by atoms with Crippen molar-refractivity contribution in [2.45, 2.75) is 26.7 Å². The van der Waals surface area contributed by atoms with Gasteiger partial charge in [0.2, 0.25) is 0 Å². The van der Waals surface area contributed by atoms with Crippen molar-refractivity contribution in [2.24, 2.45) is 0 Å². The van der Waals surface area contributed by atoms with Crippen molar-refractivity contribution in [1.82, 2.24) is 0 Å². The van der Waals surface area contributed by atoms with Gasteiger partial charge in [0.15, 0.2) is 0 Å². The molecular weight excluding hydrogens is 343 g/mol. The van der Waals surface area contributed by atoms with Gasteiger partial charge in [-0.2, -0.15) is 0 Å². The number of rotatable bonds is 1. The fraction of sp³-hybridized carbons (Fsp3) is 0.400. The minimum atomic E-state index is 0. The van der Waals surface area contributed by atoms with Crippen LogP contribution in [0.15, 0.2) is 18.2 Å². The summed E-state index contributed by atoms with van der Waals surface area (Å²) in [6, 6.07) is 5.81. The second kappa shape index (κ2) is 4.84. The van der Waals surface area contributed by atoms with Crippen LogP contribution < -0.4 is 0 Å². The van der Waals surface area contributed by atoms with Crippen molar-refractivity contribution in [2.75, 3.05) is 0 Å². The van der Waals surface area contributed by atoms with E-state index in [-0.39, 0.29) is 27.3 Å². The Bertz CT molecular complexity index is 256. The van der Waals surface area contributed by atoms with E-state index in [1.54, 1.807) is 6.07 Å². The molecule has 0 amide bonds. The van der Waals surface area contributed by atoms with E-state index in [1.807, 2.05) is 19.1 Å². The SMILES string of the molecule is Cc1ccc(C(C)C)c(O)c1.[Pb]. The number of hydrogen-bond acceptors (Lipinski definition) is 1. The Morgan fingerprint density at radius 1 is 1.25 bits per heavy atom. The number of aryl methyl sites for hydroxylation is 1. The Labute approximate surface area is 94.0 Å². The Morgan fingerprint density at radius 2 is 1.83 bits per heavy atom. The smallest absolute Gasteiger partial charge is 0.119 e. The van der Waals surface area contributed by atoms with Gasteiger partial charge in [-0.25, -0.2) is 0 Å². The molecule has 1 rings (SSSR count). The number of benzene rings is 1. The molecule has 0 bridgehead atoms. The van der Waals surface area contributed by atoms with Crippen molar-refractivity contribution >= 4 is 27.3 Å². The molecule has 64 valence electrons. The van der Waals surface area contributed by atoms with Gasteiger partial charge in [0, 0.05) is 27.3 Å². The van der Waals surface area contributed by atoms with E-state index in [9.17, 15) is 5.11 Å². The zero-order valence-corrected chi connectivity index (χ0v) is 11.6. The predicted molar refractivity (Wildman–Crippen MR) is 52.7 cm³/mol. The van der Waals surface area contributed by atoms with E-state index in [0.717, 1.165) is 11.1 Å². The summed E-state index contributed by atoms with van der Waals surface area (Å²) >= 11 is 0. The topological polar surface area (TPSA) is 20.2 Å². The molecule has 0 heterocycles. The van der Waals surface area contributed by atoms with Crippen LogP contribution in [-0.4, -0.2) is 32.4 Å². The molecule has 0 saturated heterocycles. The molecule has 0 unspecified atom stereocenters. The molecule has 1 N–H and O–H groups in total. The van der Waals surface area contributed by atoms with Crippen LogP contribution in [0.4, 0.5) is 0 Å². The molecule has 1 nitrogen and oxygen atoms in total. The third-order valence-electron chi connectivity index (χ3n) is 1.81. The van der Waals surface area contributed by atoms with E-state index >= 15 is 0 Å². The predicted octanol–water partition coefficient (Wildman–Crippen LogP) is 2.44. The molecule has 0 aliphatic carbocycles. The summed E-state index contributed by atoms with van der Waals surface area (Å²) in [5.41, 5.74) is 2.13.